The Morgan fingerprint density at radius 2 is 0.885 bits per heavy atom. The second kappa shape index (κ2) is 7.73. The minimum atomic E-state index is 0.388. The van der Waals surface area contributed by atoms with E-state index in [2.05, 4.69) is 67.5 Å². The summed E-state index contributed by atoms with van der Waals surface area (Å²) in [6.45, 7) is 18.1. The zero-order valence-electron chi connectivity index (χ0n) is 17.8. The molecule has 0 unspecified atom stereocenters. The minimum absolute atomic E-state index is 0.388. The molecule has 2 nitrogen and oxygen atoms in total. The largest absolute Gasteiger partial charge is 0.399 e. The van der Waals surface area contributed by atoms with Crippen LogP contribution < -0.4 is 11.5 Å². The van der Waals surface area contributed by atoms with E-state index in [1.807, 2.05) is 12.1 Å². The fraction of sp³-hybridized carbons (Fsp3) is 0.500. The fourth-order valence-corrected chi connectivity index (χ4v) is 4.25. The van der Waals surface area contributed by atoms with Gasteiger partial charge in [0.15, 0.2) is 0 Å². The van der Waals surface area contributed by atoms with Crippen LogP contribution in [0.3, 0.4) is 0 Å². The van der Waals surface area contributed by atoms with E-state index in [9.17, 15) is 0 Å². The molecule has 0 saturated heterocycles. The van der Waals surface area contributed by atoms with Gasteiger partial charge < -0.3 is 11.5 Å². The van der Waals surface area contributed by atoms with E-state index < -0.39 is 0 Å². The quantitative estimate of drug-likeness (QED) is 0.568. The monoisotopic (exact) mass is 352 g/mol. The van der Waals surface area contributed by atoms with Crippen LogP contribution in [0.25, 0.3) is 11.1 Å². The predicted octanol–water partition coefficient (Wildman–Crippen LogP) is 7.01. The van der Waals surface area contributed by atoms with Gasteiger partial charge in [0, 0.05) is 11.4 Å². The fourth-order valence-electron chi connectivity index (χ4n) is 4.25. The first kappa shape index (κ1) is 20.4. The van der Waals surface area contributed by atoms with Gasteiger partial charge in [0.05, 0.1) is 0 Å². The smallest absolute Gasteiger partial charge is 0.0390 e. The highest BCUT2D eigenvalue weighted by Crippen LogP contribution is 2.48. The average molecular weight is 353 g/mol. The number of rotatable bonds is 5. The lowest BCUT2D eigenvalue weighted by molar-refractivity contribution is 0.755. The lowest BCUT2D eigenvalue weighted by atomic mass is 9.74. The molecular formula is C24H36N2. The number of hydrogen-bond acceptors (Lipinski definition) is 2. The topological polar surface area (TPSA) is 52.0 Å². The second-order valence-electron chi connectivity index (χ2n) is 8.68. The Morgan fingerprint density at radius 1 is 0.538 bits per heavy atom. The Balaban J connectivity index is 3.09. The molecule has 0 atom stereocenters. The molecule has 142 valence electrons. The highest BCUT2D eigenvalue weighted by atomic mass is 14.6. The number of nitrogens with two attached hydrogens (primary N) is 2. The van der Waals surface area contributed by atoms with Gasteiger partial charge in [-0.2, -0.15) is 0 Å². The number of nitrogen functional groups attached to an aromatic ring is 2. The molecule has 0 aromatic heterocycles. The van der Waals surface area contributed by atoms with Gasteiger partial charge in [-0.1, -0.05) is 67.5 Å². The van der Waals surface area contributed by atoms with Crippen molar-refractivity contribution in [1.29, 1.82) is 0 Å². The van der Waals surface area contributed by atoms with Gasteiger partial charge in [-0.3, -0.25) is 0 Å². The number of hydrogen-bond donors (Lipinski definition) is 2. The molecule has 0 spiro atoms. The van der Waals surface area contributed by atoms with E-state index >= 15 is 0 Å². The highest BCUT2D eigenvalue weighted by Gasteiger charge is 2.28. The molecule has 2 heteroatoms. The van der Waals surface area contributed by atoms with Gasteiger partial charge in [0.25, 0.3) is 0 Å². The molecule has 0 fully saturated rings. The van der Waals surface area contributed by atoms with Crippen LogP contribution in [0.5, 0.6) is 0 Å². The van der Waals surface area contributed by atoms with Crippen molar-refractivity contribution in [3.05, 3.63) is 46.5 Å². The van der Waals surface area contributed by atoms with Gasteiger partial charge in [-0.15, -0.1) is 0 Å². The molecule has 0 amide bonds. The van der Waals surface area contributed by atoms with Crippen LogP contribution in [0.1, 0.15) is 101 Å². The summed E-state index contributed by atoms with van der Waals surface area (Å²) >= 11 is 0. The number of anilines is 2. The molecule has 26 heavy (non-hydrogen) atoms. The van der Waals surface area contributed by atoms with E-state index in [-0.39, 0.29) is 0 Å². The molecule has 0 aliphatic heterocycles. The molecule has 2 aromatic carbocycles. The average Bonchev–Trinajstić information content (AvgIpc) is 2.53. The van der Waals surface area contributed by atoms with E-state index in [1.54, 1.807) is 0 Å². The van der Waals surface area contributed by atoms with Crippen molar-refractivity contribution in [3.8, 4) is 11.1 Å². The molecular weight excluding hydrogens is 316 g/mol. The molecule has 4 N–H and O–H groups in total. The SMILES string of the molecule is CC(C)c1c(N)c(C(C)C)c(C(C)C)c(-c2ccc(N)cc2)c1C(C)C. The van der Waals surface area contributed by atoms with Gasteiger partial charge in [0.2, 0.25) is 0 Å². The van der Waals surface area contributed by atoms with E-state index in [0.29, 0.717) is 23.7 Å². The molecule has 0 bridgehead atoms. The minimum Gasteiger partial charge on any atom is -0.399 e. The van der Waals surface area contributed by atoms with Crippen LogP contribution in [0.2, 0.25) is 0 Å². The Kier molecular flexibility index (Phi) is 6.05. The summed E-state index contributed by atoms with van der Waals surface area (Å²) in [6.07, 6.45) is 0. The summed E-state index contributed by atoms with van der Waals surface area (Å²) in [5.41, 5.74) is 22.6. The summed E-state index contributed by atoms with van der Waals surface area (Å²) in [5, 5.41) is 0. The first-order valence-corrected chi connectivity index (χ1v) is 9.92. The maximum absolute atomic E-state index is 6.81. The zero-order valence-corrected chi connectivity index (χ0v) is 17.8. The maximum atomic E-state index is 6.81. The van der Waals surface area contributed by atoms with E-state index in [1.165, 1.54) is 33.4 Å². The summed E-state index contributed by atoms with van der Waals surface area (Å²) in [5.74, 6) is 1.58. The first-order chi connectivity index (χ1) is 12.1. The third kappa shape index (κ3) is 3.60. The maximum Gasteiger partial charge on any atom is 0.0390 e. The highest BCUT2D eigenvalue weighted by molar-refractivity contribution is 5.82. The number of benzene rings is 2. The Hall–Kier alpha value is -1.96. The lowest BCUT2D eigenvalue weighted by Crippen LogP contribution is -2.15. The summed E-state index contributed by atoms with van der Waals surface area (Å²) in [6, 6.07) is 8.33. The normalized spacial score (nSPS) is 12.0. The molecule has 2 rings (SSSR count). The summed E-state index contributed by atoms with van der Waals surface area (Å²) in [4.78, 5) is 0. The second-order valence-corrected chi connectivity index (χ2v) is 8.68. The Labute approximate surface area is 160 Å². The molecule has 0 radical (unpaired) electrons. The lowest BCUT2D eigenvalue weighted by Gasteiger charge is -2.31. The van der Waals surface area contributed by atoms with Crippen LogP contribution in [0.4, 0.5) is 11.4 Å². The van der Waals surface area contributed by atoms with Crippen molar-refractivity contribution in [1.82, 2.24) is 0 Å². The van der Waals surface area contributed by atoms with Gasteiger partial charge in [0.1, 0.15) is 0 Å². The third-order valence-electron chi connectivity index (χ3n) is 5.21. The standard InChI is InChI=1S/C24H36N2/c1-13(2)19-21(15(5)6)24(26)22(16(7)8)20(14(3)4)23(19)17-9-11-18(25)12-10-17/h9-16H,25-26H2,1-8H3. The van der Waals surface area contributed by atoms with Gasteiger partial charge in [-0.25, -0.2) is 0 Å². The van der Waals surface area contributed by atoms with Crippen molar-refractivity contribution in [2.45, 2.75) is 79.1 Å². The van der Waals surface area contributed by atoms with Crippen LogP contribution in [-0.4, -0.2) is 0 Å². The van der Waals surface area contributed by atoms with Crippen LogP contribution >= 0.6 is 0 Å². The zero-order chi connectivity index (χ0) is 19.8. The van der Waals surface area contributed by atoms with Crippen molar-refractivity contribution in [2.75, 3.05) is 11.5 Å². The summed E-state index contributed by atoms with van der Waals surface area (Å²) in [7, 11) is 0. The Bertz CT molecular complexity index is 725. The Morgan fingerprint density at radius 3 is 1.19 bits per heavy atom. The predicted molar refractivity (Wildman–Crippen MR) is 117 cm³/mol. The van der Waals surface area contributed by atoms with E-state index in [0.717, 1.165) is 11.4 Å². The third-order valence-corrected chi connectivity index (χ3v) is 5.21. The van der Waals surface area contributed by atoms with Crippen molar-refractivity contribution in [3.63, 3.8) is 0 Å². The van der Waals surface area contributed by atoms with Crippen molar-refractivity contribution >= 4 is 11.4 Å². The first-order valence-electron chi connectivity index (χ1n) is 9.92. The van der Waals surface area contributed by atoms with Crippen molar-refractivity contribution in [2.24, 2.45) is 0 Å². The molecule has 2 aromatic rings. The van der Waals surface area contributed by atoms with Crippen LogP contribution in [0, 0.1) is 0 Å². The van der Waals surface area contributed by atoms with Crippen LogP contribution in [-0.2, 0) is 0 Å². The molecule has 0 aliphatic rings. The van der Waals surface area contributed by atoms with E-state index in [4.69, 9.17) is 11.5 Å². The molecule has 0 saturated carbocycles. The molecule has 0 aliphatic carbocycles. The van der Waals surface area contributed by atoms with Crippen molar-refractivity contribution < 1.29 is 0 Å². The van der Waals surface area contributed by atoms with Gasteiger partial charge >= 0.3 is 0 Å². The van der Waals surface area contributed by atoms with Gasteiger partial charge in [-0.05, 0) is 69.2 Å². The summed E-state index contributed by atoms with van der Waals surface area (Å²) < 4.78 is 0. The van der Waals surface area contributed by atoms with Crippen LogP contribution in [0.15, 0.2) is 24.3 Å². The molecule has 0 heterocycles.